The van der Waals surface area contributed by atoms with Crippen LogP contribution in [-0.4, -0.2) is 5.43 Å². The Balaban J connectivity index is 0.000000250. The summed E-state index contributed by atoms with van der Waals surface area (Å²) in [5.74, 6) is 1.17. The monoisotopic (exact) mass is 684 g/mol. The summed E-state index contributed by atoms with van der Waals surface area (Å²) in [5, 5.41) is 5.43. The predicted octanol–water partition coefficient (Wildman–Crippen LogP) is 5.49. The summed E-state index contributed by atoms with van der Waals surface area (Å²) in [5.41, 5.74) is 8.32. The Bertz CT molecular complexity index is 1550. The van der Waals surface area contributed by atoms with Gasteiger partial charge in [-0.25, -0.2) is 0 Å². The maximum Gasteiger partial charge on any atom is -1.00 e. The van der Waals surface area contributed by atoms with Gasteiger partial charge >= 0.3 is 41.9 Å². The SMILES string of the molecule is CC(C)c1cc2c(-c3ccccc3)cccc2[cH-]1.CC(C)c1cc2c(-c3ccccc3)cccc2[cH-]1.C[Si](C)=[Zr+2].[Cl-].[Cl-]. The average molecular weight is 687 g/mol. The quantitative estimate of drug-likeness (QED) is 0.170. The van der Waals surface area contributed by atoms with Crippen molar-refractivity contribution in [1.29, 1.82) is 0 Å². The van der Waals surface area contributed by atoms with Gasteiger partial charge in [-0.05, 0) is 23.0 Å². The molecule has 6 rings (SSSR count). The minimum absolute atomic E-state index is 0. The molecule has 0 aromatic heterocycles. The van der Waals surface area contributed by atoms with E-state index in [4.69, 9.17) is 0 Å². The van der Waals surface area contributed by atoms with E-state index in [0.717, 1.165) is 0 Å². The molecule has 4 heteroatoms. The molecule has 0 fully saturated rings. The molecule has 0 nitrogen and oxygen atoms in total. The molecular formula is C38H40Cl2SiZr-2. The van der Waals surface area contributed by atoms with E-state index in [9.17, 15) is 0 Å². The molecular weight excluding hydrogens is 647 g/mol. The van der Waals surface area contributed by atoms with Crippen molar-refractivity contribution in [3.63, 3.8) is 0 Å². The normalized spacial score (nSPS) is 10.3. The molecule has 0 aliphatic rings. The van der Waals surface area contributed by atoms with Crippen molar-refractivity contribution in [2.45, 2.75) is 52.6 Å². The summed E-state index contributed by atoms with van der Waals surface area (Å²) in [7, 11) is 0. The van der Waals surface area contributed by atoms with Crippen LogP contribution < -0.4 is 24.8 Å². The zero-order valence-corrected chi connectivity index (χ0v) is 30.4. The van der Waals surface area contributed by atoms with Crippen LogP contribution >= 0.6 is 0 Å². The molecule has 0 radical (unpaired) electrons. The smallest absolute Gasteiger partial charge is 1.00 e. The fourth-order valence-electron chi connectivity index (χ4n) is 4.92. The van der Waals surface area contributed by atoms with Crippen LogP contribution in [0.4, 0.5) is 0 Å². The second-order valence-electron chi connectivity index (χ2n) is 11.2. The number of rotatable bonds is 4. The van der Waals surface area contributed by atoms with Gasteiger partial charge in [0.05, 0.1) is 0 Å². The molecule has 0 amide bonds. The van der Waals surface area contributed by atoms with Crippen LogP contribution in [0.25, 0.3) is 43.8 Å². The van der Waals surface area contributed by atoms with Crippen molar-refractivity contribution < 1.29 is 48.1 Å². The van der Waals surface area contributed by atoms with Crippen molar-refractivity contribution in [2.24, 2.45) is 0 Å². The van der Waals surface area contributed by atoms with Crippen LogP contribution in [0.3, 0.4) is 0 Å². The summed E-state index contributed by atoms with van der Waals surface area (Å²) in [4.78, 5) is 0. The first-order valence-electron chi connectivity index (χ1n) is 14.3. The second kappa shape index (κ2) is 17.2. The van der Waals surface area contributed by atoms with Crippen LogP contribution in [0.15, 0.2) is 121 Å². The Labute approximate surface area is 280 Å². The van der Waals surface area contributed by atoms with E-state index in [1.807, 2.05) is 0 Å². The fraction of sp³-hybridized carbons (Fsp3) is 0.211. The van der Waals surface area contributed by atoms with Crippen molar-refractivity contribution >= 4 is 27.0 Å². The summed E-state index contributed by atoms with van der Waals surface area (Å²) >= 11 is 1.74. The number of fused-ring (bicyclic) bond motifs is 2. The summed E-state index contributed by atoms with van der Waals surface area (Å²) in [6, 6.07) is 43.6. The van der Waals surface area contributed by atoms with E-state index >= 15 is 0 Å². The Morgan fingerprint density at radius 3 is 1.17 bits per heavy atom. The van der Waals surface area contributed by atoms with Gasteiger partial charge in [-0.1, -0.05) is 112 Å². The topological polar surface area (TPSA) is 0 Å². The number of halogens is 2. The maximum absolute atomic E-state index is 2.34. The molecule has 0 spiro atoms. The van der Waals surface area contributed by atoms with Crippen molar-refractivity contribution in [3.05, 3.63) is 132 Å². The molecule has 0 N–H and O–H groups in total. The predicted molar refractivity (Wildman–Crippen MR) is 176 cm³/mol. The molecule has 0 saturated heterocycles. The maximum atomic E-state index is 2.34. The van der Waals surface area contributed by atoms with Crippen LogP contribution in [0.1, 0.15) is 50.7 Å². The summed E-state index contributed by atoms with van der Waals surface area (Å²) in [6.07, 6.45) is 0. The molecule has 0 heterocycles. The number of hydrogen-bond acceptors (Lipinski definition) is 0. The number of benzene rings is 4. The van der Waals surface area contributed by atoms with Gasteiger partial charge < -0.3 is 24.8 Å². The first-order valence-corrected chi connectivity index (χ1v) is 20.4. The van der Waals surface area contributed by atoms with Gasteiger partial charge in [-0.2, -0.15) is 12.1 Å². The Hall–Kier alpha value is -2.22. The van der Waals surface area contributed by atoms with E-state index in [1.165, 1.54) is 54.9 Å². The number of hydrogen-bond donors (Lipinski definition) is 0. The Morgan fingerprint density at radius 1 is 0.524 bits per heavy atom. The Morgan fingerprint density at radius 2 is 0.857 bits per heavy atom. The van der Waals surface area contributed by atoms with Gasteiger partial charge in [-0.3, -0.25) is 0 Å². The molecule has 0 saturated carbocycles. The summed E-state index contributed by atoms with van der Waals surface area (Å²) < 4.78 is 0. The molecule has 216 valence electrons. The van der Waals surface area contributed by atoms with Crippen molar-refractivity contribution in [2.75, 3.05) is 0 Å². The molecule has 0 atom stereocenters. The van der Waals surface area contributed by atoms with E-state index in [1.54, 1.807) is 23.3 Å². The van der Waals surface area contributed by atoms with Crippen LogP contribution in [-0.2, 0) is 23.3 Å². The molecule has 6 aromatic carbocycles. The fourth-order valence-corrected chi connectivity index (χ4v) is 4.92. The van der Waals surface area contributed by atoms with Gasteiger partial charge in [0.25, 0.3) is 0 Å². The van der Waals surface area contributed by atoms with Crippen molar-refractivity contribution in [3.8, 4) is 22.3 Å². The van der Waals surface area contributed by atoms with Gasteiger partial charge in [0.2, 0.25) is 0 Å². The molecule has 0 bridgehead atoms. The van der Waals surface area contributed by atoms with Gasteiger partial charge in [0.15, 0.2) is 0 Å². The van der Waals surface area contributed by atoms with Crippen LogP contribution in [0.2, 0.25) is 13.1 Å². The van der Waals surface area contributed by atoms with Gasteiger partial charge in [0, 0.05) is 0 Å². The first-order chi connectivity index (χ1) is 19.2. The first kappa shape index (κ1) is 36.0. The largest absolute Gasteiger partial charge is 1.00 e. The van der Waals surface area contributed by atoms with Crippen LogP contribution in [0.5, 0.6) is 0 Å². The Kier molecular flexibility index (Phi) is 14.7. The van der Waals surface area contributed by atoms with E-state index in [-0.39, 0.29) is 30.2 Å². The van der Waals surface area contributed by atoms with Crippen LogP contribution in [0, 0.1) is 0 Å². The molecule has 6 aromatic rings. The van der Waals surface area contributed by atoms with Crippen molar-refractivity contribution in [1.82, 2.24) is 0 Å². The van der Waals surface area contributed by atoms with E-state index < -0.39 is 0 Å². The standard InChI is InChI=1S/2C18H17.C2H6Si.2ClH.Zr/c2*1-13(2)16-11-15-9-6-10-17(18(15)12-16)14-7-4-3-5-8-14;1-3-2;;;/h2*3-13H,1-2H3;1-2H3;2*1H;/q2*-1;;;;+2/p-2. The zero-order chi connectivity index (χ0) is 28.6. The third-order valence-electron chi connectivity index (χ3n) is 7.05. The minimum Gasteiger partial charge on any atom is -1.00 e. The molecule has 0 aliphatic carbocycles. The molecule has 42 heavy (non-hydrogen) atoms. The molecule has 0 unspecified atom stereocenters. The summed E-state index contributed by atoms with van der Waals surface area (Å²) in [6.45, 7) is 13.6. The average Bonchev–Trinajstić information content (AvgIpc) is 3.59. The third kappa shape index (κ3) is 9.39. The minimum atomic E-state index is 0. The second-order valence-corrected chi connectivity index (χ2v) is 20.6. The third-order valence-corrected chi connectivity index (χ3v) is 7.05. The van der Waals surface area contributed by atoms with Gasteiger partial charge in [-0.15, -0.1) is 69.1 Å². The van der Waals surface area contributed by atoms with E-state index in [2.05, 4.69) is 162 Å². The molecule has 0 aliphatic heterocycles. The van der Waals surface area contributed by atoms with E-state index in [0.29, 0.717) is 11.8 Å². The van der Waals surface area contributed by atoms with Gasteiger partial charge in [0.1, 0.15) is 0 Å². The zero-order valence-electron chi connectivity index (χ0n) is 25.5.